The van der Waals surface area contributed by atoms with E-state index in [-0.39, 0.29) is 0 Å². The summed E-state index contributed by atoms with van der Waals surface area (Å²) in [6, 6.07) is 0. The van der Waals surface area contributed by atoms with Gasteiger partial charge in [-0.05, 0) is 67.4 Å². The Balaban J connectivity index is 1.56. The van der Waals surface area contributed by atoms with Gasteiger partial charge in [0.15, 0.2) is 0 Å². The van der Waals surface area contributed by atoms with Crippen LogP contribution in [0.3, 0.4) is 0 Å². The van der Waals surface area contributed by atoms with Gasteiger partial charge in [0.2, 0.25) is 0 Å². The molecule has 0 bridgehead atoms. The molecule has 0 aromatic heterocycles. The molecule has 2 rings (SSSR count). The molecule has 1 saturated heterocycles. The van der Waals surface area contributed by atoms with Crippen molar-refractivity contribution < 1.29 is 4.74 Å². The van der Waals surface area contributed by atoms with E-state index in [1.807, 2.05) is 0 Å². The highest BCUT2D eigenvalue weighted by molar-refractivity contribution is 8.00. The van der Waals surface area contributed by atoms with Crippen molar-refractivity contribution in [2.24, 2.45) is 5.41 Å². The Morgan fingerprint density at radius 3 is 2.59 bits per heavy atom. The summed E-state index contributed by atoms with van der Waals surface area (Å²) in [5.41, 5.74) is 2.21. The van der Waals surface area contributed by atoms with E-state index in [1.165, 1.54) is 62.9 Å². The molecule has 1 nitrogen and oxygen atoms in total. The molecule has 0 spiro atoms. The lowest BCUT2D eigenvalue weighted by Crippen LogP contribution is -2.34. The summed E-state index contributed by atoms with van der Waals surface area (Å²) in [5.74, 6) is 2.76. The van der Waals surface area contributed by atoms with Gasteiger partial charge in [-0.2, -0.15) is 11.8 Å². The molecular formula is C15H26OS. The molecule has 1 aliphatic carbocycles. The summed E-state index contributed by atoms with van der Waals surface area (Å²) < 4.78 is 5.71. The van der Waals surface area contributed by atoms with Crippen LogP contribution in [0.4, 0.5) is 0 Å². The SMILES string of the molecule is CCC1(CCCOC=C2CCCCC2)CSC1. The van der Waals surface area contributed by atoms with E-state index >= 15 is 0 Å². The third kappa shape index (κ3) is 3.94. The predicted octanol–water partition coefficient (Wildman–Crippen LogP) is 4.77. The Bertz CT molecular complexity index is 242. The second-order valence-electron chi connectivity index (χ2n) is 5.66. The Morgan fingerprint density at radius 1 is 1.24 bits per heavy atom. The van der Waals surface area contributed by atoms with Gasteiger partial charge in [-0.3, -0.25) is 0 Å². The maximum absolute atomic E-state index is 5.71. The molecule has 0 atom stereocenters. The van der Waals surface area contributed by atoms with Crippen LogP contribution in [0, 0.1) is 5.41 Å². The number of hydrogen-bond donors (Lipinski definition) is 0. The Kier molecular flexibility index (Phi) is 5.27. The fourth-order valence-electron chi connectivity index (χ4n) is 2.75. The molecular weight excluding hydrogens is 228 g/mol. The van der Waals surface area contributed by atoms with Crippen molar-refractivity contribution in [3.8, 4) is 0 Å². The number of hydrogen-bond acceptors (Lipinski definition) is 2. The first kappa shape index (κ1) is 13.3. The van der Waals surface area contributed by atoms with Crippen LogP contribution in [0.5, 0.6) is 0 Å². The molecule has 1 saturated carbocycles. The minimum atomic E-state index is 0.673. The monoisotopic (exact) mass is 254 g/mol. The third-order valence-electron chi connectivity index (χ3n) is 4.28. The Morgan fingerprint density at radius 2 is 2.00 bits per heavy atom. The van der Waals surface area contributed by atoms with Crippen molar-refractivity contribution in [2.45, 2.75) is 58.3 Å². The molecule has 98 valence electrons. The molecule has 17 heavy (non-hydrogen) atoms. The van der Waals surface area contributed by atoms with E-state index in [4.69, 9.17) is 4.74 Å². The largest absolute Gasteiger partial charge is 0.501 e. The molecule has 0 amide bonds. The summed E-state index contributed by atoms with van der Waals surface area (Å²) in [7, 11) is 0. The zero-order chi connectivity index (χ0) is 12.0. The van der Waals surface area contributed by atoms with Crippen LogP contribution < -0.4 is 0 Å². The lowest BCUT2D eigenvalue weighted by Gasteiger charge is -2.40. The minimum Gasteiger partial charge on any atom is -0.501 e. The molecule has 0 aromatic rings. The molecule has 0 N–H and O–H groups in total. The van der Waals surface area contributed by atoms with Crippen LogP contribution in [0.25, 0.3) is 0 Å². The normalized spacial score (nSPS) is 23.0. The van der Waals surface area contributed by atoms with Gasteiger partial charge < -0.3 is 4.74 Å². The molecule has 0 aromatic carbocycles. The van der Waals surface area contributed by atoms with Crippen molar-refractivity contribution in [3.63, 3.8) is 0 Å². The highest BCUT2D eigenvalue weighted by atomic mass is 32.2. The average molecular weight is 254 g/mol. The summed E-state index contributed by atoms with van der Waals surface area (Å²) in [5, 5.41) is 0. The maximum Gasteiger partial charge on any atom is 0.0873 e. The molecule has 1 heterocycles. The number of ether oxygens (including phenoxy) is 1. The van der Waals surface area contributed by atoms with Crippen molar-refractivity contribution in [3.05, 3.63) is 11.8 Å². The van der Waals surface area contributed by atoms with E-state index in [9.17, 15) is 0 Å². The second-order valence-corrected chi connectivity index (χ2v) is 6.64. The number of thioether (sulfide) groups is 1. The molecule has 2 fully saturated rings. The summed E-state index contributed by atoms with van der Waals surface area (Å²) >= 11 is 2.10. The average Bonchev–Trinajstić information content (AvgIpc) is 2.33. The maximum atomic E-state index is 5.71. The summed E-state index contributed by atoms with van der Waals surface area (Å²) in [4.78, 5) is 0. The Labute approximate surface area is 110 Å². The second kappa shape index (κ2) is 6.72. The van der Waals surface area contributed by atoms with Crippen LogP contribution in [0.15, 0.2) is 11.8 Å². The zero-order valence-corrected chi connectivity index (χ0v) is 12.0. The highest BCUT2D eigenvalue weighted by Crippen LogP contribution is 2.44. The van der Waals surface area contributed by atoms with E-state index in [1.54, 1.807) is 5.57 Å². The predicted molar refractivity (Wildman–Crippen MR) is 76.4 cm³/mol. The summed E-state index contributed by atoms with van der Waals surface area (Å²) in [6.07, 6.45) is 12.7. The van der Waals surface area contributed by atoms with Crippen molar-refractivity contribution >= 4 is 11.8 Å². The van der Waals surface area contributed by atoms with Crippen LogP contribution in [-0.2, 0) is 4.74 Å². The van der Waals surface area contributed by atoms with Gasteiger partial charge in [0, 0.05) is 0 Å². The Hall–Kier alpha value is -0.110. The van der Waals surface area contributed by atoms with Crippen molar-refractivity contribution in [2.75, 3.05) is 18.1 Å². The van der Waals surface area contributed by atoms with E-state index in [0.717, 1.165) is 6.61 Å². The highest BCUT2D eigenvalue weighted by Gasteiger charge is 2.34. The first-order valence-electron chi connectivity index (χ1n) is 7.22. The smallest absolute Gasteiger partial charge is 0.0873 e. The molecule has 2 aliphatic rings. The van der Waals surface area contributed by atoms with E-state index in [0.29, 0.717) is 5.41 Å². The van der Waals surface area contributed by atoms with Gasteiger partial charge in [0.1, 0.15) is 0 Å². The standard InChI is InChI=1S/C15H26OS/c1-2-15(12-17-13-15)9-6-10-16-11-14-7-4-3-5-8-14/h11H,2-10,12-13H2,1H3. The van der Waals surface area contributed by atoms with Crippen LogP contribution in [0.2, 0.25) is 0 Å². The van der Waals surface area contributed by atoms with Gasteiger partial charge in [0.25, 0.3) is 0 Å². The topological polar surface area (TPSA) is 9.23 Å². The lowest BCUT2D eigenvalue weighted by atomic mass is 9.84. The fourth-order valence-corrected chi connectivity index (χ4v) is 4.23. The van der Waals surface area contributed by atoms with Crippen LogP contribution in [0.1, 0.15) is 58.3 Å². The first-order valence-corrected chi connectivity index (χ1v) is 8.37. The van der Waals surface area contributed by atoms with E-state index in [2.05, 4.69) is 24.9 Å². The van der Waals surface area contributed by atoms with Crippen LogP contribution >= 0.6 is 11.8 Å². The van der Waals surface area contributed by atoms with E-state index < -0.39 is 0 Å². The van der Waals surface area contributed by atoms with Gasteiger partial charge in [0.05, 0.1) is 12.9 Å². The number of allylic oxidation sites excluding steroid dienone is 1. The quantitative estimate of drug-likeness (QED) is 0.498. The molecule has 2 heteroatoms. The van der Waals surface area contributed by atoms with Gasteiger partial charge >= 0.3 is 0 Å². The van der Waals surface area contributed by atoms with Crippen molar-refractivity contribution in [1.29, 1.82) is 0 Å². The molecule has 1 aliphatic heterocycles. The van der Waals surface area contributed by atoms with Gasteiger partial charge in [-0.1, -0.05) is 13.3 Å². The van der Waals surface area contributed by atoms with Gasteiger partial charge in [-0.25, -0.2) is 0 Å². The third-order valence-corrected chi connectivity index (χ3v) is 5.91. The zero-order valence-electron chi connectivity index (χ0n) is 11.2. The number of rotatable bonds is 6. The van der Waals surface area contributed by atoms with Crippen LogP contribution in [-0.4, -0.2) is 18.1 Å². The summed E-state index contributed by atoms with van der Waals surface area (Å²) in [6.45, 7) is 3.26. The lowest BCUT2D eigenvalue weighted by molar-refractivity contribution is 0.207. The van der Waals surface area contributed by atoms with Crippen molar-refractivity contribution in [1.82, 2.24) is 0 Å². The first-order chi connectivity index (χ1) is 8.35. The molecule has 0 radical (unpaired) electrons. The minimum absolute atomic E-state index is 0.673. The van der Waals surface area contributed by atoms with Gasteiger partial charge in [-0.15, -0.1) is 0 Å². The fraction of sp³-hybridized carbons (Fsp3) is 0.867. The molecule has 0 unspecified atom stereocenters.